The fourth-order valence-electron chi connectivity index (χ4n) is 4.77. The van der Waals surface area contributed by atoms with E-state index >= 15 is 0 Å². The van der Waals surface area contributed by atoms with Crippen LogP contribution >= 0.6 is 0 Å². The zero-order chi connectivity index (χ0) is 25.5. The summed E-state index contributed by atoms with van der Waals surface area (Å²) in [7, 11) is 0. The fourth-order valence-corrected chi connectivity index (χ4v) is 4.77. The molecular weight excluding hydrogens is 458 g/mol. The fraction of sp³-hybridized carbons (Fsp3) is 0.423. The molecule has 0 saturated heterocycles. The number of carboxylic acids is 1. The van der Waals surface area contributed by atoms with Crippen LogP contribution < -0.4 is 5.32 Å². The predicted octanol–water partition coefficient (Wildman–Crippen LogP) is 4.12. The molecule has 9 heteroatoms. The van der Waals surface area contributed by atoms with Crippen molar-refractivity contribution in [1.82, 2.24) is 10.2 Å². The first-order valence-corrected chi connectivity index (χ1v) is 11.4. The van der Waals surface area contributed by atoms with Gasteiger partial charge in [0, 0.05) is 18.0 Å². The molecule has 2 amide bonds. The van der Waals surface area contributed by atoms with Crippen molar-refractivity contribution in [2.75, 3.05) is 19.7 Å². The van der Waals surface area contributed by atoms with Crippen molar-refractivity contribution in [2.45, 2.75) is 38.2 Å². The van der Waals surface area contributed by atoms with Crippen LogP contribution in [0.4, 0.5) is 13.6 Å². The first-order valence-electron chi connectivity index (χ1n) is 11.4. The van der Waals surface area contributed by atoms with E-state index in [4.69, 9.17) is 9.84 Å². The zero-order valence-corrected chi connectivity index (χ0v) is 19.8. The molecule has 2 N–H and O–H groups in total. The number of hydrogen-bond donors (Lipinski definition) is 2. The first-order chi connectivity index (χ1) is 16.4. The van der Waals surface area contributed by atoms with Crippen molar-refractivity contribution in [2.24, 2.45) is 11.8 Å². The summed E-state index contributed by atoms with van der Waals surface area (Å²) in [5, 5.41) is 11.4. The molecule has 2 aromatic carbocycles. The third-order valence-electron chi connectivity index (χ3n) is 6.65. The number of halogens is 2. The molecular formula is C26H28F2N2O5. The van der Waals surface area contributed by atoms with E-state index in [1.165, 1.54) is 0 Å². The number of benzene rings is 2. The van der Waals surface area contributed by atoms with Gasteiger partial charge >= 0.3 is 12.1 Å². The Morgan fingerprint density at radius 1 is 1.03 bits per heavy atom. The molecule has 0 radical (unpaired) electrons. The van der Waals surface area contributed by atoms with Crippen LogP contribution in [0.3, 0.4) is 0 Å². The number of fused-ring (bicyclic) bond motifs is 3. The van der Waals surface area contributed by atoms with E-state index in [1.54, 1.807) is 20.8 Å². The second kappa shape index (κ2) is 8.94. The Kier molecular flexibility index (Phi) is 6.29. The Bertz CT molecular complexity index is 1110. The maximum absolute atomic E-state index is 14.4. The number of alkyl carbamates (subject to hydrolysis) is 1. The number of ether oxygens (including phenoxy) is 1. The largest absolute Gasteiger partial charge is 0.480 e. The van der Waals surface area contributed by atoms with Crippen LogP contribution in [0.5, 0.6) is 0 Å². The van der Waals surface area contributed by atoms with Crippen molar-refractivity contribution in [3.63, 3.8) is 0 Å². The van der Waals surface area contributed by atoms with Crippen LogP contribution in [0.2, 0.25) is 0 Å². The summed E-state index contributed by atoms with van der Waals surface area (Å²) in [6, 6.07) is 15.7. The second-order valence-electron chi connectivity index (χ2n) is 9.95. The van der Waals surface area contributed by atoms with E-state index in [-0.39, 0.29) is 12.5 Å². The third kappa shape index (κ3) is 4.72. The molecule has 4 rings (SSSR count). The normalized spacial score (nSPS) is 19.9. The topological polar surface area (TPSA) is 95.9 Å². The van der Waals surface area contributed by atoms with E-state index in [0.29, 0.717) is 0 Å². The first kappa shape index (κ1) is 24.6. The highest BCUT2D eigenvalue weighted by atomic mass is 19.3. The molecule has 7 nitrogen and oxygen atoms in total. The maximum atomic E-state index is 14.4. The minimum absolute atomic E-state index is 0.0414. The van der Waals surface area contributed by atoms with E-state index < -0.39 is 54.4 Å². The highest BCUT2D eigenvalue weighted by Gasteiger charge is 2.72. The van der Waals surface area contributed by atoms with Crippen molar-refractivity contribution in [3.8, 4) is 11.1 Å². The number of rotatable bonds is 7. The number of alkyl halides is 2. The van der Waals surface area contributed by atoms with Gasteiger partial charge in [0.2, 0.25) is 5.91 Å². The van der Waals surface area contributed by atoms with E-state index in [9.17, 15) is 23.2 Å². The number of nitrogens with zero attached hydrogens (tertiary/aromatic N) is 1. The Morgan fingerprint density at radius 3 is 2.09 bits per heavy atom. The molecule has 1 saturated carbocycles. The van der Waals surface area contributed by atoms with Crippen LogP contribution in [-0.4, -0.2) is 59.1 Å². The number of carboxylic acid groups (broad SMARTS) is 1. The number of amides is 2. The molecule has 35 heavy (non-hydrogen) atoms. The van der Waals surface area contributed by atoms with Gasteiger partial charge in [-0.15, -0.1) is 0 Å². The standard InChI is InChI=1S/C26H28F2N2O5/c1-25(2,3)30(13-21(31)32)23(33)22-20(26(22,27)28)12-29-24(34)35-14-19-17-10-6-4-8-15(17)16-9-5-7-11-18(16)19/h4-11,19-20,22H,12-14H2,1-3H3,(H,29,34)(H,31,32)/t20-,22-/m0/s1. The lowest BCUT2D eigenvalue weighted by molar-refractivity contribution is -0.150. The van der Waals surface area contributed by atoms with Crippen LogP contribution in [0.1, 0.15) is 37.8 Å². The average Bonchev–Trinajstić information content (AvgIpc) is 3.19. The quantitative estimate of drug-likeness (QED) is 0.614. The SMILES string of the molecule is CC(C)(C)N(CC(=O)O)C(=O)[C@@H]1[C@H](CNC(=O)OCC2c3ccccc3-c3ccccc32)C1(F)F. The second-order valence-corrected chi connectivity index (χ2v) is 9.95. The summed E-state index contributed by atoms with van der Waals surface area (Å²) in [6.45, 7) is 3.65. The van der Waals surface area contributed by atoms with Gasteiger partial charge in [-0.1, -0.05) is 48.5 Å². The Morgan fingerprint density at radius 2 is 1.57 bits per heavy atom. The number of nitrogens with one attached hydrogen (secondary N) is 1. The minimum Gasteiger partial charge on any atom is -0.480 e. The van der Waals surface area contributed by atoms with Gasteiger partial charge in [-0.25, -0.2) is 13.6 Å². The maximum Gasteiger partial charge on any atom is 0.407 e. The number of carbonyl (C=O) groups excluding carboxylic acids is 2. The summed E-state index contributed by atoms with van der Waals surface area (Å²) in [6.07, 6.45) is -0.848. The van der Waals surface area contributed by atoms with Crippen LogP contribution in [0.25, 0.3) is 11.1 Å². The van der Waals surface area contributed by atoms with E-state index in [2.05, 4.69) is 5.32 Å². The van der Waals surface area contributed by atoms with E-state index in [0.717, 1.165) is 27.2 Å². The lowest BCUT2D eigenvalue weighted by Crippen LogP contribution is -2.49. The summed E-state index contributed by atoms with van der Waals surface area (Å²) in [4.78, 5) is 37.1. The molecule has 2 aromatic rings. The molecule has 2 aliphatic rings. The molecule has 0 heterocycles. The van der Waals surface area contributed by atoms with Gasteiger partial charge in [0.05, 0.1) is 5.92 Å². The third-order valence-corrected chi connectivity index (χ3v) is 6.65. The molecule has 0 bridgehead atoms. The van der Waals surface area contributed by atoms with Crippen molar-refractivity contribution < 1.29 is 33.0 Å². The molecule has 2 atom stereocenters. The Balaban J connectivity index is 1.36. The summed E-state index contributed by atoms with van der Waals surface area (Å²) in [5.41, 5.74) is 3.25. The molecule has 186 valence electrons. The van der Waals surface area contributed by atoms with Crippen molar-refractivity contribution in [3.05, 3.63) is 59.7 Å². The van der Waals surface area contributed by atoms with Gasteiger partial charge in [0.1, 0.15) is 19.1 Å². The van der Waals surface area contributed by atoms with Crippen LogP contribution in [-0.2, 0) is 14.3 Å². The van der Waals surface area contributed by atoms with Gasteiger partial charge in [-0.3, -0.25) is 9.59 Å². The monoisotopic (exact) mass is 486 g/mol. The van der Waals surface area contributed by atoms with Gasteiger partial charge in [-0.2, -0.15) is 0 Å². The van der Waals surface area contributed by atoms with Crippen molar-refractivity contribution >= 4 is 18.0 Å². The lowest BCUT2D eigenvalue weighted by atomic mass is 9.98. The van der Waals surface area contributed by atoms with Crippen molar-refractivity contribution in [1.29, 1.82) is 0 Å². The minimum atomic E-state index is -3.34. The molecule has 1 fully saturated rings. The molecule has 0 spiro atoms. The molecule has 0 aliphatic heterocycles. The predicted molar refractivity (Wildman–Crippen MR) is 124 cm³/mol. The van der Waals surface area contributed by atoms with Gasteiger partial charge in [0.25, 0.3) is 5.92 Å². The summed E-state index contributed by atoms with van der Waals surface area (Å²) < 4.78 is 34.2. The summed E-state index contributed by atoms with van der Waals surface area (Å²) in [5.74, 6) is -8.84. The van der Waals surface area contributed by atoms with E-state index in [1.807, 2.05) is 48.5 Å². The molecule has 2 aliphatic carbocycles. The highest BCUT2D eigenvalue weighted by molar-refractivity contribution is 5.87. The zero-order valence-electron chi connectivity index (χ0n) is 19.8. The summed E-state index contributed by atoms with van der Waals surface area (Å²) >= 11 is 0. The Hall–Kier alpha value is -3.49. The molecule has 0 unspecified atom stereocenters. The van der Waals surface area contributed by atoms with Gasteiger partial charge in [0.15, 0.2) is 0 Å². The Labute approximate surface area is 202 Å². The van der Waals surface area contributed by atoms with Crippen LogP contribution in [0.15, 0.2) is 48.5 Å². The highest BCUT2D eigenvalue weighted by Crippen LogP contribution is 2.56. The van der Waals surface area contributed by atoms with Crippen LogP contribution in [0, 0.1) is 11.8 Å². The van der Waals surface area contributed by atoms with Gasteiger partial charge in [-0.05, 0) is 43.0 Å². The number of aliphatic carboxylic acids is 1. The van der Waals surface area contributed by atoms with Gasteiger partial charge < -0.3 is 20.1 Å². The number of carbonyl (C=O) groups is 3. The lowest BCUT2D eigenvalue weighted by Gasteiger charge is -2.34. The smallest absolute Gasteiger partial charge is 0.407 e. The average molecular weight is 487 g/mol. The molecule has 0 aromatic heterocycles. The number of hydrogen-bond acceptors (Lipinski definition) is 4.